The summed E-state index contributed by atoms with van der Waals surface area (Å²) < 4.78 is 86.7. The van der Waals surface area contributed by atoms with Crippen molar-refractivity contribution in [3.8, 4) is 5.75 Å². The van der Waals surface area contributed by atoms with E-state index >= 15 is 0 Å². The van der Waals surface area contributed by atoms with Crippen LogP contribution in [0.2, 0.25) is 0 Å². The number of alkyl halides is 6. The molecule has 49 heavy (non-hydrogen) atoms. The van der Waals surface area contributed by atoms with Crippen LogP contribution in [0.25, 0.3) is 21.1 Å². The third-order valence-corrected chi connectivity index (χ3v) is 8.59. The Labute approximate surface area is 278 Å². The van der Waals surface area contributed by atoms with E-state index in [-0.39, 0.29) is 28.9 Å². The fraction of sp³-hybridized carbons (Fsp3) is 0.303. The van der Waals surface area contributed by atoms with Gasteiger partial charge in [0.25, 0.3) is 0 Å². The summed E-state index contributed by atoms with van der Waals surface area (Å²) in [5, 5.41) is 7.59. The van der Waals surface area contributed by atoms with E-state index in [1.807, 2.05) is 36.5 Å². The molecule has 0 saturated carbocycles. The minimum Gasteiger partial charge on any atom is -0.449 e. The van der Waals surface area contributed by atoms with Crippen LogP contribution < -0.4 is 20.2 Å². The quantitative estimate of drug-likeness (QED) is 0.0500. The maximum atomic E-state index is 13.2. The van der Waals surface area contributed by atoms with Crippen LogP contribution in [0.3, 0.4) is 0 Å². The highest BCUT2D eigenvalue weighted by molar-refractivity contribution is 7.16. The Bertz CT molecular complexity index is 2020. The molecule has 16 heteroatoms. The van der Waals surface area contributed by atoms with Gasteiger partial charge in [-0.2, -0.15) is 26.3 Å². The molecule has 0 radical (unpaired) electrons. The van der Waals surface area contributed by atoms with Gasteiger partial charge in [0, 0.05) is 35.8 Å². The predicted octanol–water partition coefficient (Wildman–Crippen LogP) is 6.16. The van der Waals surface area contributed by atoms with E-state index in [9.17, 15) is 40.7 Å². The van der Waals surface area contributed by atoms with Gasteiger partial charge in [0.1, 0.15) is 11.6 Å². The number of ether oxygens (including phenoxy) is 2. The highest BCUT2D eigenvalue weighted by atomic mass is 32.1. The molecule has 2 heterocycles. The Morgan fingerprint density at radius 3 is 2.35 bits per heavy atom. The number of hydrogen-bond acceptors (Lipinski definition) is 8. The van der Waals surface area contributed by atoms with Crippen LogP contribution in [-0.4, -0.2) is 53.9 Å². The van der Waals surface area contributed by atoms with Crippen molar-refractivity contribution in [1.29, 1.82) is 0 Å². The molecule has 1 atom stereocenters. The number of para-hydroxylation sites is 1. The van der Waals surface area contributed by atoms with E-state index in [2.05, 4.69) is 44.4 Å². The lowest BCUT2D eigenvalue weighted by atomic mass is 10.1. The Morgan fingerprint density at radius 1 is 0.878 bits per heavy atom. The SMILES string of the molecule is Cc1cccc2c(CCNCc3cccc(CCNC[C@H](OC(=O)C(F)(F)F)c4ccc(OC(=O)C(F)(F)F)c5[nH]c(=O)sc45)c3)c[nH]c12. The number of nitrogens with one attached hydrogen (secondary N) is 4. The normalized spacial score (nSPS) is 12.8. The second kappa shape index (κ2) is 14.8. The molecule has 4 N–H and O–H groups in total. The van der Waals surface area contributed by atoms with Crippen LogP contribution in [-0.2, 0) is 33.7 Å². The fourth-order valence-electron chi connectivity index (χ4n) is 5.32. The second-order valence-corrected chi connectivity index (χ2v) is 12.1. The Kier molecular flexibility index (Phi) is 10.8. The van der Waals surface area contributed by atoms with E-state index in [4.69, 9.17) is 4.74 Å². The van der Waals surface area contributed by atoms with Gasteiger partial charge < -0.3 is 30.1 Å². The van der Waals surface area contributed by atoms with Crippen molar-refractivity contribution in [2.24, 2.45) is 0 Å². The minimum atomic E-state index is -5.34. The molecule has 0 spiro atoms. The van der Waals surface area contributed by atoms with E-state index in [1.54, 1.807) is 0 Å². The molecule has 0 amide bonds. The zero-order valence-corrected chi connectivity index (χ0v) is 26.6. The zero-order chi connectivity index (χ0) is 35.3. The van der Waals surface area contributed by atoms with Crippen molar-refractivity contribution >= 4 is 44.4 Å². The van der Waals surface area contributed by atoms with Gasteiger partial charge in [0.2, 0.25) is 0 Å². The number of rotatable bonds is 13. The molecular formula is C33H30F6N4O5S. The van der Waals surface area contributed by atoms with Gasteiger partial charge in [-0.05, 0) is 67.2 Å². The zero-order valence-electron chi connectivity index (χ0n) is 25.8. The van der Waals surface area contributed by atoms with Gasteiger partial charge in [0.15, 0.2) is 5.75 Å². The monoisotopic (exact) mass is 708 g/mol. The van der Waals surface area contributed by atoms with Gasteiger partial charge in [-0.3, -0.25) is 4.79 Å². The number of thiazole rings is 1. The minimum absolute atomic E-state index is 0.105. The molecule has 5 rings (SSSR count). The molecule has 9 nitrogen and oxygen atoms in total. The molecule has 5 aromatic rings. The van der Waals surface area contributed by atoms with Crippen molar-refractivity contribution in [3.63, 3.8) is 0 Å². The number of aromatic amines is 2. The summed E-state index contributed by atoms with van der Waals surface area (Å²) >= 11 is 0.445. The lowest BCUT2D eigenvalue weighted by molar-refractivity contribution is -0.205. The molecule has 0 aliphatic rings. The summed E-state index contributed by atoms with van der Waals surface area (Å²) in [4.78, 5) is 40.1. The maximum Gasteiger partial charge on any atom is 0.491 e. The number of fused-ring (bicyclic) bond motifs is 2. The van der Waals surface area contributed by atoms with Crippen LogP contribution >= 0.6 is 11.3 Å². The molecule has 0 aliphatic heterocycles. The lowest BCUT2D eigenvalue weighted by Crippen LogP contribution is -2.32. The molecule has 260 valence electrons. The first-order valence-corrected chi connectivity index (χ1v) is 15.8. The summed E-state index contributed by atoms with van der Waals surface area (Å²) in [5.74, 6) is -5.73. The number of carbonyl (C=O) groups excluding carboxylic acids is 2. The van der Waals surface area contributed by atoms with Gasteiger partial charge in [-0.1, -0.05) is 53.8 Å². The molecule has 0 fully saturated rings. The topological polar surface area (TPSA) is 125 Å². The van der Waals surface area contributed by atoms with Gasteiger partial charge in [-0.25, -0.2) is 9.59 Å². The number of hydrogen-bond donors (Lipinski definition) is 4. The molecule has 0 unspecified atom stereocenters. The molecular weight excluding hydrogens is 678 g/mol. The highest BCUT2D eigenvalue weighted by Gasteiger charge is 2.43. The first kappa shape index (κ1) is 35.6. The lowest BCUT2D eigenvalue weighted by Gasteiger charge is -2.21. The smallest absolute Gasteiger partial charge is 0.449 e. The predicted molar refractivity (Wildman–Crippen MR) is 170 cm³/mol. The molecule has 0 bridgehead atoms. The van der Waals surface area contributed by atoms with Crippen molar-refractivity contribution in [2.45, 2.75) is 44.8 Å². The van der Waals surface area contributed by atoms with Crippen LogP contribution in [0.4, 0.5) is 26.3 Å². The van der Waals surface area contributed by atoms with E-state index in [1.165, 1.54) is 16.5 Å². The van der Waals surface area contributed by atoms with Crippen molar-refractivity contribution in [1.82, 2.24) is 20.6 Å². The van der Waals surface area contributed by atoms with Crippen LogP contribution in [0.5, 0.6) is 5.75 Å². The second-order valence-electron chi connectivity index (χ2n) is 11.2. The maximum absolute atomic E-state index is 13.2. The first-order valence-electron chi connectivity index (χ1n) is 15.0. The molecule has 2 aromatic heterocycles. The standard InChI is InChI=1S/C33H30F6N4O5S/c1-18-4-2-7-22-21(16-42-26(18)22)11-13-40-15-20-6-3-5-19(14-20)10-12-41-17-25(48-30(45)33(37,38)39)23-8-9-24(47-29(44)32(34,35)36)27-28(23)49-31(46)43-27/h2-9,14,16,25,40-42H,10-13,15,17H2,1H3,(H,43,46)/t25-/m0/s1. The van der Waals surface area contributed by atoms with Crippen molar-refractivity contribution in [3.05, 3.63) is 98.3 Å². The fourth-order valence-corrected chi connectivity index (χ4v) is 6.23. The van der Waals surface area contributed by atoms with Crippen LogP contribution in [0, 0.1) is 6.92 Å². The third-order valence-electron chi connectivity index (χ3n) is 7.65. The van der Waals surface area contributed by atoms with Crippen LogP contribution in [0.1, 0.15) is 33.9 Å². The number of H-pyrrole nitrogens is 2. The molecule has 3 aromatic carbocycles. The van der Waals surface area contributed by atoms with E-state index < -0.39 is 41.0 Å². The van der Waals surface area contributed by atoms with Crippen molar-refractivity contribution < 1.29 is 45.4 Å². The number of benzene rings is 3. The summed E-state index contributed by atoms with van der Waals surface area (Å²) in [6.45, 7) is 3.34. The summed E-state index contributed by atoms with van der Waals surface area (Å²) in [5.41, 5.74) is 5.03. The van der Waals surface area contributed by atoms with Gasteiger partial charge in [-0.15, -0.1) is 0 Å². The van der Waals surface area contributed by atoms with Gasteiger partial charge in [0.05, 0.1) is 4.70 Å². The molecule has 0 saturated heterocycles. The average molecular weight is 709 g/mol. The third kappa shape index (κ3) is 8.87. The summed E-state index contributed by atoms with van der Waals surface area (Å²) in [6.07, 6.45) is -8.97. The van der Waals surface area contributed by atoms with E-state index in [0.717, 1.165) is 41.7 Å². The number of aromatic nitrogens is 2. The van der Waals surface area contributed by atoms with Crippen LogP contribution in [0.15, 0.2) is 65.6 Å². The summed E-state index contributed by atoms with van der Waals surface area (Å²) in [6, 6.07) is 15.8. The molecule has 0 aliphatic carbocycles. The average Bonchev–Trinajstić information content (AvgIpc) is 3.64. The Morgan fingerprint density at radius 2 is 1.59 bits per heavy atom. The summed E-state index contributed by atoms with van der Waals surface area (Å²) in [7, 11) is 0. The van der Waals surface area contributed by atoms with E-state index in [0.29, 0.717) is 24.3 Å². The number of carbonyl (C=O) groups is 2. The Balaban J connectivity index is 1.21. The first-order chi connectivity index (χ1) is 23.2. The number of aryl methyl sites for hydroxylation is 1. The number of esters is 2. The number of halogens is 6. The van der Waals surface area contributed by atoms with Gasteiger partial charge >= 0.3 is 29.2 Å². The van der Waals surface area contributed by atoms with Crippen molar-refractivity contribution in [2.75, 3.05) is 19.6 Å². The Hall–Kier alpha value is -4.67. The largest absolute Gasteiger partial charge is 0.491 e. The highest BCUT2D eigenvalue weighted by Crippen LogP contribution is 2.35.